The van der Waals surface area contributed by atoms with E-state index >= 15 is 0 Å². The van der Waals surface area contributed by atoms with Crippen LogP contribution in [0.15, 0.2) is 36.5 Å². The summed E-state index contributed by atoms with van der Waals surface area (Å²) in [7, 11) is 0. The fourth-order valence-corrected chi connectivity index (χ4v) is 2.33. The molecule has 0 saturated carbocycles. The maximum Gasteiger partial charge on any atom is 0.303 e. The molecule has 6 N–H and O–H groups in total. The van der Waals surface area contributed by atoms with Crippen LogP contribution >= 0.6 is 0 Å². The van der Waals surface area contributed by atoms with E-state index in [2.05, 4.69) is 0 Å². The van der Waals surface area contributed by atoms with E-state index in [1.165, 1.54) is 0 Å². The van der Waals surface area contributed by atoms with Crippen molar-refractivity contribution >= 4 is 5.97 Å². The van der Waals surface area contributed by atoms with E-state index in [1.54, 1.807) is 18.2 Å². The molecule has 0 heterocycles. The number of carbonyl (C=O) groups is 1. The van der Waals surface area contributed by atoms with Gasteiger partial charge in [-0.3, -0.25) is 4.79 Å². The molecule has 0 aliphatic carbocycles. The fraction of sp³-hybridized carbons (Fsp3) is 0.650. The molecule has 0 amide bonds. The molecule has 0 aliphatic heterocycles. The second-order valence-electron chi connectivity index (χ2n) is 6.62. The van der Waals surface area contributed by atoms with Crippen LogP contribution in [0, 0.1) is 0 Å². The van der Waals surface area contributed by atoms with Crippen LogP contribution in [0.1, 0.15) is 64.2 Å². The predicted molar refractivity (Wildman–Crippen MR) is 103 cm³/mol. The largest absolute Gasteiger partial charge is 0.481 e. The second-order valence-corrected chi connectivity index (χ2v) is 6.62. The van der Waals surface area contributed by atoms with Gasteiger partial charge in [0, 0.05) is 12.8 Å². The summed E-state index contributed by atoms with van der Waals surface area (Å²) in [5, 5.41) is 54.2. The maximum atomic E-state index is 10.4. The Bertz CT molecular complexity index is 463. The highest BCUT2D eigenvalue weighted by molar-refractivity contribution is 5.66. The summed E-state index contributed by atoms with van der Waals surface area (Å²) in [6.07, 6.45) is 14.5. The lowest BCUT2D eigenvalue weighted by Gasteiger charge is -2.12. The molecular weight excluding hydrogens is 352 g/mol. The monoisotopic (exact) mass is 386 g/mol. The molecule has 0 bridgehead atoms. The Labute approximate surface area is 161 Å². The van der Waals surface area contributed by atoms with Crippen LogP contribution < -0.4 is 0 Å². The quantitative estimate of drug-likeness (QED) is 0.103. The summed E-state index contributed by atoms with van der Waals surface area (Å²) in [5.41, 5.74) is 0. The Hall–Kier alpha value is -1.51. The minimum Gasteiger partial charge on any atom is -0.481 e. The van der Waals surface area contributed by atoms with Gasteiger partial charge in [-0.05, 0) is 51.4 Å². The highest BCUT2D eigenvalue weighted by atomic mass is 16.7. The van der Waals surface area contributed by atoms with Gasteiger partial charge in [0.2, 0.25) is 0 Å². The number of carboxylic acids is 1. The minimum absolute atomic E-state index is 0.0573. The first-order valence-electron chi connectivity index (χ1n) is 9.44. The molecule has 156 valence electrons. The van der Waals surface area contributed by atoms with Gasteiger partial charge in [-0.15, -0.1) is 0 Å². The number of carboxylic acid groups (broad SMARTS) is 1. The Kier molecular flexibility index (Phi) is 14.7. The number of rotatable bonds is 16. The number of hydrogen-bond donors (Lipinski definition) is 6. The Morgan fingerprint density at radius 2 is 1.63 bits per heavy atom. The van der Waals surface area contributed by atoms with Crippen molar-refractivity contribution in [2.45, 2.75) is 82.4 Å². The summed E-state index contributed by atoms with van der Waals surface area (Å²) in [6, 6.07) is 0. The standard InChI is InChI=1S/C20H34O7/c21-17(11-6-2-1-5-9-16-20(25,26)27)12-7-3-4-8-13-18(22)14-10-15-19(23)24/h2-4,6,8,13,17-18,21-22,25-27H,1,5,7,9-12,14-16H2,(H,23,24). The Morgan fingerprint density at radius 3 is 2.30 bits per heavy atom. The number of unbranched alkanes of at least 4 members (excludes halogenated alkanes) is 2. The number of hydrogen-bond acceptors (Lipinski definition) is 6. The third kappa shape index (κ3) is 20.7. The van der Waals surface area contributed by atoms with E-state index in [0.717, 1.165) is 12.8 Å². The van der Waals surface area contributed by atoms with Gasteiger partial charge in [0.1, 0.15) is 0 Å². The highest BCUT2D eigenvalue weighted by Gasteiger charge is 2.16. The van der Waals surface area contributed by atoms with Crippen molar-refractivity contribution in [3.05, 3.63) is 36.5 Å². The van der Waals surface area contributed by atoms with Gasteiger partial charge in [-0.25, -0.2) is 0 Å². The van der Waals surface area contributed by atoms with Crippen molar-refractivity contribution < 1.29 is 35.4 Å². The molecule has 0 aromatic rings. The lowest BCUT2D eigenvalue weighted by molar-refractivity contribution is -0.314. The van der Waals surface area contributed by atoms with Gasteiger partial charge in [-0.1, -0.05) is 36.5 Å². The molecule has 0 fully saturated rings. The van der Waals surface area contributed by atoms with Gasteiger partial charge < -0.3 is 30.6 Å². The van der Waals surface area contributed by atoms with E-state index in [0.29, 0.717) is 38.5 Å². The average molecular weight is 386 g/mol. The predicted octanol–water partition coefficient (Wildman–Crippen LogP) is 1.99. The highest BCUT2D eigenvalue weighted by Crippen LogP contribution is 2.10. The Balaban J connectivity index is 3.67. The molecule has 0 spiro atoms. The SMILES string of the molecule is O=C(O)CCCC(O)C=CC=CCCC(O)CC=CCCCCC(O)(O)O. The lowest BCUT2D eigenvalue weighted by Crippen LogP contribution is -2.26. The van der Waals surface area contributed by atoms with E-state index in [1.807, 2.05) is 18.2 Å². The van der Waals surface area contributed by atoms with Gasteiger partial charge >= 0.3 is 5.97 Å². The molecule has 0 aromatic carbocycles. The van der Waals surface area contributed by atoms with Crippen molar-refractivity contribution in [3.63, 3.8) is 0 Å². The van der Waals surface area contributed by atoms with E-state index < -0.39 is 24.2 Å². The topological polar surface area (TPSA) is 138 Å². The number of aliphatic hydroxyl groups is 5. The third-order valence-electron chi connectivity index (χ3n) is 3.85. The molecule has 0 saturated heterocycles. The summed E-state index contributed by atoms with van der Waals surface area (Å²) in [6.45, 7) is 0. The normalized spacial score (nSPS) is 15.1. The van der Waals surface area contributed by atoms with E-state index in [4.69, 9.17) is 20.4 Å². The molecular formula is C20H34O7. The number of aliphatic carboxylic acids is 1. The zero-order valence-electron chi connectivity index (χ0n) is 15.8. The number of allylic oxidation sites excluding steroid dienone is 4. The third-order valence-corrected chi connectivity index (χ3v) is 3.85. The van der Waals surface area contributed by atoms with Crippen molar-refractivity contribution in [1.82, 2.24) is 0 Å². The molecule has 2 unspecified atom stereocenters. The first-order valence-corrected chi connectivity index (χ1v) is 9.44. The molecule has 0 radical (unpaired) electrons. The molecule has 0 aromatic heterocycles. The summed E-state index contributed by atoms with van der Waals surface area (Å²) < 4.78 is 0. The van der Waals surface area contributed by atoms with Crippen molar-refractivity contribution in [3.8, 4) is 0 Å². The van der Waals surface area contributed by atoms with Gasteiger partial charge in [-0.2, -0.15) is 0 Å². The van der Waals surface area contributed by atoms with Gasteiger partial charge in [0.25, 0.3) is 5.97 Å². The van der Waals surface area contributed by atoms with Crippen LogP contribution in [0.3, 0.4) is 0 Å². The van der Waals surface area contributed by atoms with Crippen LogP contribution in [-0.2, 0) is 4.79 Å². The smallest absolute Gasteiger partial charge is 0.303 e. The summed E-state index contributed by atoms with van der Waals surface area (Å²) in [5.74, 6) is -3.44. The second kappa shape index (κ2) is 15.5. The van der Waals surface area contributed by atoms with E-state index in [-0.39, 0.29) is 12.8 Å². The molecule has 0 rings (SSSR count). The van der Waals surface area contributed by atoms with E-state index in [9.17, 15) is 15.0 Å². The maximum absolute atomic E-state index is 10.4. The molecule has 0 aliphatic rings. The van der Waals surface area contributed by atoms with Crippen LogP contribution in [0.2, 0.25) is 0 Å². The zero-order chi connectivity index (χ0) is 20.5. The molecule has 7 heteroatoms. The average Bonchev–Trinajstić information content (AvgIpc) is 2.55. The van der Waals surface area contributed by atoms with Gasteiger partial charge in [0.05, 0.1) is 12.2 Å². The molecule has 2 atom stereocenters. The van der Waals surface area contributed by atoms with Crippen LogP contribution in [0.25, 0.3) is 0 Å². The summed E-state index contributed by atoms with van der Waals surface area (Å²) in [4.78, 5) is 10.4. The van der Waals surface area contributed by atoms with Crippen LogP contribution in [0.5, 0.6) is 0 Å². The lowest BCUT2D eigenvalue weighted by atomic mass is 10.1. The minimum atomic E-state index is -2.58. The first-order chi connectivity index (χ1) is 12.7. The molecule has 7 nitrogen and oxygen atoms in total. The van der Waals surface area contributed by atoms with Crippen molar-refractivity contribution in [1.29, 1.82) is 0 Å². The van der Waals surface area contributed by atoms with Crippen molar-refractivity contribution in [2.75, 3.05) is 0 Å². The zero-order valence-corrected chi connectivity index (χ0v) is 15.8. The van der Waals surface area contributed by atoms with Crippen LogP contribution in [0.4, 0.5) is 0 Å². The Morgan fingerprint density at radius 1 is 0.889 bits per heavy atom. The summed E-state index contributed by atoms with van der Waals surface area (Å²) >= 11 is 0. The fourth-order valence-electron chi connectivity index (χ4n) is 2.33. The first kappa shape index (κ1) is 25.5. The van der Waals surface area contributed by atoms with Gasteiger partial charge in [0.15, 0.2) is 0 Å². The van der Waals surface area contributed by atoms with Crippen molar-refractivity contribution in [2.24, 2.45) is 0 Å². The number of aliphatic hydroxyl groups excluding tert-OH is 2. The van der Waals surface area contributed by atoms with Crippen LogP contribution in [-0.4, -0.2) is 54.8 Å². The molecule has 27 heavy (non-hydrogen) atoms.